The number of nitrogens with zero attached hydrogens (tertiary/aromatic N) is 3. The van der Waals surface area contributed by atoms with E-state index < -0.39 is 13.0 Å². The fraction of sp³-hybridized carbons (Fsp3) is 0.182. The van der Waals surface area contributed by atoms with Gasteiger partial charge in [-0.15, -0.1) is 0 Å². The molecule has 6 N–H and O–H groups in total. The Bertz CT molecular complexity index is 1320. The Morgan fingerprint density at radius 1 is 1.18 bits per heavy atom. The molecule has 0 radical (unpaired) electrons. The summed E-state index contributed by atoms with van der Waals surface area (Å²) >= 11 is 0. The molecule has 0 fully saturated rings. The number of aryl methyl sites for hydroxylation is 1. The Labute approximate surface area is 190 Å². The van der Waals surface area contributed by atoms with Crippen LogP contribution in [-0.4, -0.2) is 50.1 Å². The van der Waals surface area contributed by atoms with Crippen LogP contribution in [0.3, 0.4) is 0 Å². The van der Waals surface area contributed by atoms with Crippen molar-refractivity contribution >= 4 is 35.3 Å². The summed E-state index contributed by atoms with van der Waals surface area (Å²) in [6.45, 7) is 2.63. The van der Waals surface area contributed by atoms with Crippen LogP contribution in [0.2, 0.25) is 0 Å². The Kier molecular flexibility index (Phi) is 6.36. The largest absolute Gasteiger partial charge is 0.488 e. The van der Waals surface area contributed by atoms with Crippen molar-refractivity contribution in [3.05, 3.63) is 65.1 Å². The molecule has 0 aliphatic rings. The Balaban J connectivity index is 1.73. The van der Waals surface area contributed by atoms with Gasteiger partial charge in [-0.25, -0.2) is 4.98 Å². The number of rotatable bonds is 8. The highest BCUT2D eigenvalue weighted by molar-refractivity contribution is 6.58. The van der Waals surface area contributed by atoms with Gasteiger partial charge in [-0.05, 0) is 17.9 Å². The third-order valence-electron chi connectivity index (χ3n) is 5.19. The second kappa shape index (κ2) is 9.37. The van der Waals surface area contributed by atoms with E-state index in [2.05, 4.69) is 25.3 Å². The molecule has 2 heterocycles. The van der Waals surface area contributed by atoms with Gasteiger partial charge in [0.05, 0.1) is 12.1 Å². The number of aromatic amines is 1. The highest BCUT2D eigenvalue weighted by Crippen LogP contribution is 2.32. The SMILES string of the molecule is COCc1cccc2c(-c3nc(NCc4cccc(B(O)O)c4)nc(C(N)=O)n3)c(C)[nH]c12. The molecule has 0 aliphatic carbocycles. The summed E-state index contributed by atoms with van der Waals surface area (Å²) < 4.78 is 5.29. The maximum Gasteiger partial charge on any atom is 0.488 e. The number of methoxy groups -OCH3 is 1. The van der Waals surface area contributed by atoms with Crippen LogP contribution in [0.25, 0.3) is 22.3 Å². The minimum atomic E-state index is -1.57. The van der Waals surface area contributed by atoms with E-state index in [1.807, 2.05) is 31.2 Å². The zero-order valence-electron chi connectivity index (χ0n) is 18.2. The van der Waals surface area contributed by atoms with Crippen LogP contribution in [0.5, 0.6) is 0 Å². The number of carbonyl (C=O) groups excluding carboxylic acids is 1. The number of nitrogens with one attached hydrogen (secondary N) is 2. The summed E-state index contributed by atoms with van der Waals surface area (Å²) in [6.07, 6.45) is 0. The molecule has 0 aliphatic heterocycles. The number of fused-ring (bicyclic) bond motifs is 1. The van der Waals surface area contributed by atoms with Gasteiger partial charge >= 0.3 is 7.12 Å². The molecular weight excluding hydrogens is 423 g/mol. The Morgan fingerprint density at radius 2 is 1.97 bits per heavy atom. The monoisotopic (exact) mass is 446 g/mol. The number of carbonyl (C=O) groups is 1. The van der Waals surface area contributed by atoms with Crippen LogP contribution in [-0.2, 0) is 17.9 Å². The number of anilines is 1. The number of para-hydroxylation sites is 1. The molecule has 4 rings (SSSR count). The highest BCUT2D eigenvalue weighted by atomic mass is 16.5. The average Bonchev–Trinajstić information content (AvgIpc) is 3.14. The Morgan fingerprint density at radius 3 is 2.70 bits per heavy atom. The van der Waals surface area contributed by atoms with Gasteiger partial charge in [-0.3, -0.25) is 4.79 Å². The van der Waals surface area contributed by atoms with Crippen molar-refractivity contribution in [2.45, 2.75) is 20.1 Å². The summed E-state index contributed by atoms with van der Waals surface area (Å²) in [4.78, 5) is 28.2. The quantitative estimate of drug-likeness (QED) is 0.249. The highest BCUT2D eigenvalue weighted by Gasteiger charge is 2.19. The average molecular weight is 446 g/mol. The molecule has 4 aromatic rings. The number of aromatic nitrogens is 4. The molecule has 2 aromatic carbocycles. The maximum absolute atomic E-state index is 11.9. The summed E-state index contributed by atoms with van der Waals surface area (Å²) in [6, 6.07) is 12.6. The fourth-order valence-electron chi connectivity index (χ4n) is 3.69. The molecule has 0 atom stereocenters. The van der Waals surface area contributed by atoms with Crippen LogP contribution in [0.1, 0.15) is 27.4 Å². The van der Waals surface area contributed by atoms with E-state index in [9.17, 15) is 14.8 Å². The Hall–Kier alpha value is -3.80. The van der Waals surface area contributed by atoms with Crippen LogP contribution < -0.4 is 16.5 Å². The number of H-pyrrole nitrogens is 1. The number of amides is 1. The lowest BCUT2D eigenvalue weighted by molar-refractivity contribution is 0.0990. The standard InChI is InChI=1S/C22H23BN6O4/c1-12-17(16-8-4-6-14(11-33-2)18(16)26-12)20-27-21(19(24)30)29-22(28-20)25-10-13-5-3-7-15(9-13)23(31)32/h3-9,26,31-32H,10-11H2,1-2H3,(H2,24,30)(H,25,27,28,29). The third kappa shape index (κ3) is 4.70. The minimum Gasteiger partial charge on any atom is -0.423 e. The number of hydrogen-bond donors (Lipinski definition) is 5. The number of ether oxygens (including phenoxy) is 1. The van der Waals surface area contributed by atoms with Crippen molar-refractivity contribution in [1.29, 1.82) is 0 Å². The molecule has 10 nitrogen and oxygen atoms in total. The van der Waals surface area contributed by atoms with Crippen molar-refractivity contribution in [2.24, 2.45) is 5.73 Å². The molecule has 33 heavy (non-hydrogen) atoms. The topological polar surface area (TPSA) is 159 Å². The van der Waals surface area contributed by atoms with Crippen LogP contribution in [0.4, 0.5) is 5.95 Å². The van der Waals surface area contributed by atoms with E-state index in [1.54, 1.807) is 25.3 Å². The van der Waals surface area contributed by atoms with Gasteiger partial charge in [0.25, 0.3) is 5.91 Å². The van der Waals surface area contributed by atoms with Crippen molar-refractivity contribution in [2.75, 3.05) is 12.4 Å². The molecule has 2 aromatic heterocycles. The van der Waals surface area contributed by atoms with Gasteiger partial charge in [0.2, 0.25) is 11.8 Å². The first kappa shape index (κ1) is 22.4. The third-order valence-corrected chi connectivity index (χ3v) is 5.19. The summed E-state index contributed by atoms with van der Waals surface area (Å²) in [5.74, 6) is -0.460. The lowest BCUT2D eigenvalue weighted by atomic mass is 9.80. The van der Waals surface area contributed by atoms with Crippen molar-refractivity contribution in [1.82, 2.24) is 19.9 Å². The smallest absolute Gasteiger partial charge is 0.423 e. The first-order valence-electron chi connectivity index (χ1n) is 10.2. The molecule has 0 saturated heterocycles. The van der Waals surface area contributed by atoms with Crippen molar-refractivity contribution in [3.8, 4) is 11.4 Å². The second-order valence-corrected chi connectivity index (χ2v) is 7.54. The zero-order valence-corrected chi connectivity index (χ0v) is 18.2. The normalized spacial score (nSPS) is 11.0. The van der Waals surface area contributed by atoms with E-state index in [4.69, 9.17) is 10.5 Å². The lowest BCUT2D eigenvalue weighted by Crippen LogP contribution is -2.30. The fourth-order valence-corrected chi connectivity index (χ4v) is 3.69. The first-order chi connectivity index (χ1) is 15.9. The second-order valence-electron chi connectivity index (χ2n) is 7.54. The van der Waals surface area contributed by atoms with Crippen LogP contribution in [0, 0.1) is 6.92 Å². The van der Waals surface area contributed by atoms with Gasteiger partial charge in [-0.2, -0.15) is 9.97 Å². The van der Waals surface area contributed by atoms with Crippen molar-refractivity contribution < 1.29 is 19.6 Å². The molecule has 0 unspecified atom stereocenters. The van der Waals surface area contributed by atoms with Gasteiger partial charge in [0.1, 0.15) is 0 Å². The van der Waals surface area contributed by atoms with Gasteiger partial charge in [-0.1, -0.05) is 42.5 Å². The maximum atomic E-state index is 11.9. The number of hydrogen-bond acceptors (Lipinski definition) is 8. The molecule has 1 amide bonds. The van der Waals surface area contributed by atoms with E-state index >= 15 is 0 Å². The number of benzene rings is 2. The van der Waals surface area contributed by atoms with Crippen LogP contribution >= 0.6 is 0 Å². The van der Waals surface area contributed by atoms with Gasteiger partial charge in [0.15, 0.2) is 5.82 Å². The van der Waals surface area contributed by atoms with E-state index in [1.165, 1.54) is 0 Å². The molecular formula is C22H23BN6O4. The van der Waals surface area contributed by atoms with Crippen LogP contribution in [0.15, 0.2) is 42.5 Å². The summed E-state index contributed by atoms with van der Waals surface area (Å²) in [7, 11) is 0.0678. The molecule has 0 bridgehead atoms. The summed E-state index contributed by atoms with van der Waals surface area (Å²) in [5, 5.41) is 22.7. The summed E-state index contributed by atoms with van der Waals surface area (Å²) in [5.41, 5.74) is 10.1. The minimum absolute atomic E-state index is 0.163. The van der Waals surface area contributed by atoms with Gasteiger partial charge < -0.3 is 30.8 Å². The lowest BCUT2D eigenvalue weighted by Gasteiger charge is -2.09. The molecule has 168 valence electrons. The molecule has 11 heteroatoms. The predicted octanol–water partition coefficient (Wildman–Crippen LogP) is 0.866. The predicted molar refractivity (Wildman–Crippen MR) is 125 cm³/mol. The van der Waals surface area contributed by atoms with E-state index in [-0.39, 0.29) is 18.3 Å². The number of nitrogens with two attached hydrogens (primary N) is 1. The van der Waals surface area contributed by atoms with Gasteiger partial charge in [0, 0.05) is 35.9 Å². The zero-order chi connectivity index (χ0) is 23.5. The van der Waals surface area contributed by atoms with Crippen molar-refractivity contribution in [3.63, 3.8) is 0 Å². The number of primary amides is 1. The van der Waals surface area contributed by atoms with E-state index in [0.29, 0.717) is 17.9 Å². The molecule has 0 spiro atoms. The molecule has 0 saturated carbocycles. The van der Waals surface area contributed by atoms with E-state index in [0.717, 1.165) is 33.3 Å². The first-order valence-corrected chi connectivity index (χ1v) is 10.2.